The van der Waals surface area contributed by atoms with E-state index in [1.165, 1.54) is 4.90 Å². The van der Waals surface area contributed by atoms with Crippen LogP contribution in [0.15, 0.2) is 12.1 Å². The molecule has 0 N–H and O–H groups in total. The fraction of sp³-hybridized carbons (Fsp3) is 0.667. The Balaban J connectivity index is 2.29. The molecule has 0 spiro atoms. The smallest absolute Gasteiger partial charge is 0.410 e. The average molecular weight is 512 g/mol. The number of ketones is 1. The summed E-state index contributed by atoms with van der Waals surface area (Å²) in [5, 5.41) is 0. The molecule has 1 aliphatic heterocycles. The summed E-state index contributed by atoms with van der Waals surface area (Å²) in [4.78, 5) is 39.9. The zero-order chi connectivity index (χ0) is 27.5. The van der Waals surface area contributed by atoms with E-state index >= 15 is 8.78 Å². The zero-order valence-electron chi connectivity index (χ0n) is 22.6. The third-order valence-electron chi connectivity index (χ3n) is 6.15. The minimum atomic E-state index is -1.13. The number of morpholine rings is 1. The summed E-state index contributed by atoms with van der Waals surface area (Å²) in [5.41, 5.74) is -3.62. The van der Waals surface area contributed by atoms with Gasteiger partial charge < -0.3 is 19.1 Å². The molecular weight excluding hydrogens is 472 g/mol. The SMILES string of the molecule is CCC(CC)(C[C@H]1CN(C(=O)OC(C)(C)C)CCO1)C(=O)c1c(F)cc(C(=O)OC(C)(C)C)cc1F. The molecule has 0 aromatic heterocycles. The summed E-state index contributed by atoms with van der Waals surface area (Å²) in [7, 11) is 0. The van der Waals surface area contributed by atoms with Gasteiger partial charge in [0.15, 0.2) is 5.78 Å². The monoisotopic (exact) mass is 511 g/mol. The first-order valence-electron chi connectivity index (χ1n) is 12.4. The van der Waals surface area contributed by atoms with E-state index in [2.05, 4.69) is 0 Å². The lowest BCUT2D eigenvalue weighted by atomic mass is 9.71. The maximum atomic E-state index is 15.1. The van der Waals surface area contributed by atoms with Crippen LogP contribution in [0.1, 0.15) is 95.4 Å². The van der Waals surface area contributed by atoms with Crippen molar-refractivity contribution in [3.8, 4) is 0 Å². The normalized spacial score (nSPS) is 17.1. The third kappa shape index (κ3) is 7.48. The van der Waals surface area contributed by atoms with Crippen molar-refractivity contribution in [2.24, 2.45) is 5.41 Å². The topological polar surface area (TPSA) is 82.1 Å². The number of nitrogens with zero attached hydrogens (tertiary/aromatic N) is 1. The molecule has 7 nitrogen and oxygen atoms in total. The number of rotatable bonds is 7. The molecule has 1 amide bonds. The first-order chi connectivity index (χ1) is 16.5. The maximum absolute atomic E-state index is 15.1. The van der Waals surface area contributed by atoms with Crippen LogP contribution in [0.25, 0.3) is 0 Å². The molecule has 1 aliphatic rings. The molecule has 0 radical (unpaired) electrons. The Kier molecular flexibility index (Phi) is 9.26. The van der Waals surface area contributed by atoms with Gasteiger partial charge in [-0.3, -0.25) is 4.79 Å². The fourth-order valence-electron chi connectivity index (χ4n) is 4.23. The Morgan fingerprint density at radius 1 is 0.972 bits per heavy atom. The van der Waals surface area contributed by atoms with Crippen LogP contribution in [-0.2, 0) is 14.2 Å². The van der Waals surface area contributed by atoms with Crippen LogP contribution in [0.2, 0.25) is 0 Å². The summed E-state index contributed by atoms with van der Waals surface area (Å²) in [6.07, 6.45) is -0.203. The zero-order valence-corrected chi connectivity index (χ0v) is 22.6. The van der Waals surface area contributed by atoms with Crippen molar-refractivity contribution in [2.45, 2.75) is 92.0 Å². The highest BCUT2D eigenvalue weighted by atomic mass is 19.1. The van der Waals surface area contributed by atoms with Gasteiger partial charge in [-0.15, -0.1) is 0 Å². The molecule has 202 valence electrons. The van der Waals surface area contributed by atoms with E-state index in [-0.39, 0.29) is 25.1 Å². The minimum Gasteiger partial charge on any atom is -0.456 e. The summed E-state index contributed by atoms with van der Waals surface area (Å²) in [6.45, 7) is 14.6. The van der Waals surface area contributed by atoms with Crippen LogP contribution in [0, 0.1) is 17.0 Å². The van der Waals surface area contributed by atoms with Crippen molar-refractivity contribution in [1.82, 2.24) is 4.90 Å². The van der Waals surface area contributed by atoms with Crippen molar-refractivity contribution in [3.05, 3.63) is 34.9 Å². The van der Waals surface area contributed by atoms with E-state index in [1.54, 1.807) is 55.4 Å². The highest BCUT2D eigenvalue weighted by molar-refractivity contribution is 6.02. The molecule has 0 saturated carbocycles. The highest BCUT2D eigenvalue weighted by Crippen LogP contribution is 2.39. The van der Waals surface area contributed by atoms with Gasteiger partial charge in [-0.2, -0.15) is 0 Å². The number of carbonyl (C=O) groups excluding carboxylic acids is 3. The van der Waals surface area contributed by atoms with Crippen molar-refractivity contribution in [2.75, 3.05) is 19.7 Å². The van der Waals surface area contributed by atoms with E-state index in [1.807, 2.05) is 0 Å². The molecule has 9 heteroatoms. The van der Waals surface area contributed by atoms with Crippen molar-refractivity contribution in [3.63, 3.8) is 0 Å². The van der Waals surface area contributed by atoms with Crippen LogP contribution in [0.4, 0.5) is 13.6 Å². The van der Waals surface area contributed by atoms with Gasteiger partial charge in [0.25, 0.3) is 0 Å². The van der Waals surface area contributed by atoms with E-state index in [4.69, 9.17) is 14.2 Å². The van der Waals surface area contributed by atoms with E-state index in [0.29, 0.717) is 19.4 Å². The lowest BCUT2D eigenvalue weighted by Crippen LogP contribution is -2.49. The van der Waals surface area contributed by atoms with E-state index in [0.717, 1.165) is 12.1 Å². The predicted octanol–water partition coefficient (Wildman–Crippen LogP) is 5.94. The molecule has 36 heavy (non-hydrogen) atoms. The van der Waals surface area contributed by atoms with E-state index in [9.17, 15) is 14.4 Å². The molecule has 1 saturated heterocycles. The predicted molar refractivity (Wildman–Crippen MR) is 131 cm³/mol. The van der Waals surface area contributed by atoms with Gasteiger partial charge in [0, 0.05) is 12.0 Å². The quantitative estimate of drug-likeness (QED) is 0.333. The van der Waals surface area contributed by atoms with Crippen molar-refractivity contribution in [1.29, 1.82) is 0 Å². The van der Waals surface area contributed by atoms with Gasteiger partial charge in [0.2, 0.25) is 0 Å². The number of carbonyl (C=O) groups is 3. The number of amides is 1. The maximum Gasteiger partial charge on any atom is 0.410 e. The summed E-state index contributed by atoms with van der Waals surface area (Å²) < 4.78 is 46.7. The number of hydrogen-bond donors (Lipinski definition) is 0. The van der Waals surface area contributed by atoms with Gasteiger partial charge in [0.1, 0.15) is 22.8 Å². The van der Waals surface area contributed by atoms with Crippen molar-refractivity contribution >= 4 is 17.8 Å². The van der Waals surface area contributed by atoms with Crippen LogP contribution in [-0.4, -0.2) is 59.7 Å². The Hall–Kier alpha value is -2.55. The van der Waals surface area contributed by atoms with Crippen LogP contribution in [0.5, 0.6) is 0 Å². The number of benzene rings is 1. The van der Waals surface area contributed by atoms with Gasteiger partial charge in [-0.1, -0.05) is 13.8 Å². The second kappa shape index (κ2) is 11.2. The molecule has 1 fully saturated rings. The molecule has 2 rings (SSSR count). The standard InChI is InChI=1S/C27H39F2NO6/c1-9-27(10-2,15-18-16-30(11-12-34-18)24(33)36-26(6,7)8)22(31)21-19(28)13-17(14-20(21)29)23(32)35-25(3,4)5/h13-14,18H,9-12,15-16H2,1-8H3/t18-/m0/s1. The Labute approximate surface area is 212 Å². The summed E-state index contributed by atoms with van der Waals surface area (Å²) in [6, 6.07) is 1.67. The molecule has 1 heterocycles. The van der Waals surface area contributed by atoms with Crippen LogP contribution < -0.4 is 0 Å². The number of esters is 1. The lowest BCUT2D eigenvalue weighted by Gasteiger charge is -2.39. The molecule has 0 bridgehead atoms. The number of halogens is 2. The van der Waals surface area contributed by atoms with Gasteiger partial charge in [-0.05, 0) is 72.9 Å². The first kappa shape index (κ1) is 29.7. The Bertz CT molecular complexity index is 952. The third-order valence-corrected chi connectivity index (χ3v) is 6.15. The summed E-state index contributed by atoms with van der Waals surface area (Å²) in [5.74, 6) is -3.82. The number of Topliss-reactive ketones (excluding diaryl/α,β-unsaturated/α-hetero) is 1. The molecular formula is C27H39F2NO6. The number of ether oxygens (including phenoxy) is 3. The molecule has 0 aliphatic carbocycles. The van der Waals surface area contributed by atoms with Crippen molar-refractivity contribution < 1.29 is 37.4 Å². The second-order valence-corrected chi connectivity index (χ2v) is 11.3. The molecule has 1 aromatic rings. The Morgan fingerprint density at radius 3 is 1.97 bits per heavy atom. The average Bonchev–Trinajstić information content (AvgIpc) is 2.74. The lowest BCUT2D eigenvalue weighted by molar-refractivity contribution is -0.0563. The van der Waals surface area contributed by atoms with Gasteiger partial charge in [-0.25, -0.2) is 18.4 Å². The van der Waals surface area contributed by atoms with Crippen LogP contribution in [0.3, 0.4) is 0 Å². The van der Waals surface area contributed by atoms with Gasteiger partial charge >= 0.3 is 12.1 Å². The highest BCUT2D eigenvalue weighted by Gasteiger charge is 2.42. The largest absolute Gasteiger partial charge is 0.456 e. The Morgan fingerprint density at radius 2 is 1.50 bits per heavy atom. The van der Waals surface area contributed by atoms with Crippen LogP contribution >= 0.6 is 0 Å². The molecule has 1 atom stereocenters. The minimum absolute atomic E-state index is 0.171. The second-order valence-electron chi connectivity index (χ2n) is 11.3. The molecule has 1 aromatic carbocycles. The first-order valence-corrected chi connectivity index (χ1v) is 12.4. The molecule has 0 unspecified atom stereocenters. The van der Waals surface area contributed by atoms with Gasteiger partial charge in [0.05, 0.1) is 30.4 Å². The number of hydrogen-bond acceptors (Lipinski definition) is 6. The van der Waals surface area contributed by atoms with E-state index < -0.39 is 57.8 Å². The fourth-order valence-corrected chi connectivity index (χ4v) is 4.23. The summed E-state index contributed by atoms with van der Waals surface area (Å²) >= 11 is 0.